The maximum absolute atomic E-state index is 11.9. The van der Waals surface area contributed by atoms with Crippen molar-refractivity contribution in [2.75, 3.05) is 24.6 Å². The normalized spacial score (nSPS) is 18.0. The van der Waals surface area contributed by atoms with Crippen LogP contribution in [0.15, 0.2) is 22.9 Å². The van der Waals surface area contributed by atoms with Gasteiger partial charge in [0.1, 0.15) is 5.82 Å². The summed E-state index contributed by atoms with van der Waals surface area (Å²) in [5, 5.41) is 3.78. The van der Waals surface area contributed by atoms with Crippen LogP contribution in [0.3, 0.4) is 0 Å². The summed E-state index contributed by atoms with van der Waals surface area (Å²) in [4.78, 5) is 22.7. The van der Waals surface area contributed by atoms with Gasteiger partial charge in [0.2, 0.25) is 0 Å². The van der Waals surface area contributed by atoms with Gasteiger partial charge in [-0.1, -0.05) is 5.16 Å². The molecule has 3 rings (SSSR count). The van der Waals surface area contributed by atoms with Crippen LogP contribution >= 0.6 is 0 Å². The lowest BCUT2D eigenvalue weighted by atomic mass is 9.98. The number of anilines is 1. The Balaban J connectivity index is 1.70. The Morgan fingerprint density at radius 3 is 3.00 bits per heavy atom. The SMILES string of the molecule is CCOC(=O)[C@@H]1CCCN(c2ccc(-c3nc(C)no3)cn2)C1. The van der Waals surface area contributed by atoms with Gasteiger partial charge in [-0.3, -0.25) is 4.79 Å². The highest BCUT2D eigenvalue weighted by Gasteiger charge is 2.27. The van der Waals surface area contributed by atoms with Gasteiger partial charge in [-0.25, -0.2) is 4.98 Å². The number of nitrogens with zero attached hydrogens (tertiary/aromatic N) is 4. The van der Waals surface area contributed by atoms with Crippen molar-refractivity contribution in [3.05, 3.63) is 24.2 Å². The topological polar surface area (TPSA) is 81.4 Å². The number of pyridine rings is 1. The van der Waals surface area contributed by atoms with Gasteiger partial charge in [0.15, 0.2) is 5.82 Å². The zero-order valence-electron chi connectivity index (χ0n) is 13.4. The summed E-state index contributed by atoms with van der Waals surface area (Å²) in [6, 6.07) is 3.83. The molecule has 0 aromatic carbocycles. The molecule has 0 spiro atoms. The number of hydrogen-bond donors (Lipinski definition) is 0. The molecule has 0 radical (unpaired) electrons. The zero-order chi connectivity index (χ0) is 16.2. The van der Waals surface area contributed by atoms with Crippen molar-refractivity contribution in [1.82, 2.24) is 15.1 Å². The van der Waals surface area contributed by atoms with E-state index in [1.54, 1.807) is 13.1 Å². The molecular weight excluding hydrogens is 296 g/mol. The maximum atomic E-state index is 11.9. The molecule has 0 saturated carbocycles. The first-order chi connectivity index (χ1) is 11.2. The molecule has 3 heterocycles. The number of carbonyl (C=O) groups is 1. The molecule has 2 aromatic rings. The van der Waals surface area contributed by atoms with Crippen LogP contribution in [0.5, 0.6) is 0 Å². The Hall–Kier alpha value is -2.44. The number of carbonyl (C=O) groups excluding carboxylic acids is 1. The monoisotopic (exact) mass is 316 g/mol. The third kappa shape index (κ3) is 3.49. The van der Waals surface area contributed by atoms with Crippen LogP contribution in [-0.4, -0.2) is 40.8 Å². The standard InChI is InChI=1S/C16H20N4O3/c1-3-22-16(21)13-5-4-8-20(10-13)14-7-6-12(9-17-14)15-18-11(2)19-23-15/h6-7,9,13H,3-5,8,10H2,1-2H3/t13-/m1/s1. The molecule has 7 nitrogen and oxygen atoms in total. The highest BCUT2D eigenvalue weighted by Crippen LogP contribution is 2.24. The lowest BCUT2D eigenvalue weighted by Crippen LogP contribution is -2.39. The molecule has 1 aliphatic rings. The molecule has 0 amide bonds. The van der Waals surface area contributed by atoms with Gasteiger partial charge in [-0.05, 0) is 38.8 Å². The van der Waals surface area contributed by atoms with E-state index in [0.29, 0.717) is 24.9 Å². The largest absolute Gasteiger partial charge is 0.466 e. The molecular formula is C16H20N4O3. The van der Waals surface area contributed by atoms with Gasteiger partial charge in [0, 0.05) is 19.3 Å². The highest BCUT2D eigenvalue weighted by atomic mass is 16.5. The first-order valence-corrected chi connectivity index (χ1v) is 7.85. The van der Waals surface area contributed by atoms with E-state index in [9.17, 15) is 4.79 Å². The summed E-state index contributed by atoms with van der Waals surface area (Å²) >= 11 is 0. The summed E-state index contributed by atoms with van der Waals surface area (Å²) in [7, 11) is 0. The molecule has 7 heteroatoms. The van der Waals surface area contributed by atoms with E-state index in [1.807, 2.05) is 19.1 Å². The Labute approximate surface area is 134 Å². The van der Waals surface area contributed by atoms with Crippen LogP contribution in [-0.2, 0) is 9.53 Å². The average Bonchev–Trinajstić information content (AvgIpc) is 3.02. The summed E-state index contributed by atoms with van der Waals surface area (Å²) in [6.07, 6.45) is 3.54. The molecule has 1 saturated heterocycles. The van der Waals surface area contributed by atoms with Crippen LogP contribution < -0.4 is 4.90 Å². The Morgan fingerprint density at radius 1 is 1.48 bits per heavy atom. The number of ether oxygens (including phenoxy) is 1. The number of aryl methyl sites for hydroxylation is 1. The smallest absolute Gasteiger partial charge is 0.310 e. The summed E-state index contributed by atoms with van der Waals surface area (Å²) in [5.41, 5.74) is 0.785. The van der Waals surface area contributed by atoms with Gasteiger partial charge in [-0.15, -0.1) is 0 Å². The lowest BCUT2D eigenvalue weighted by molar-refractivity contribution is -0.148. The summed E-state index contributed by atoms with van der Waals surface area (Å²) in [6.45, 7) is 5.56. The van der Waals surface area contributed by atoms with E-state index in [4.69, 9.17) is 9.26 Å². The molecule has 1 aliphatic heterocycles. The molecule has 0 aliphatic carbocycles. The predicted molar refractivity (Wildman–Crippen MR) is 83.8 cm³/mol. The van der Waals surface area contributed by atoms with E-state index in [0.717, 1.165) is 30.8 Å². The van der Waals surface area contributed by atoms with Gasteiger partial charge in [0.25, 0.3) is 5.89 Å². The second kappa shape index (κ2) is 6.76. The van der Waals surface area contributed by atoms with E-state index >= 15 is 0 Å². The lowest BCUT2D eigenvalue weighted by Gasteiger charge is -2.32. The van der Waals surface area contributed by atoms with Crippen LogP contribution in [0.4, 0.5) is 5.82 Å². The highest BCUT2D eigenvalue weighted by molar-refractivity contribution is 5.73. The fourth-order valence-electron chi connectivity index (χ4n) is 2.75. The molecule has 0 N–H and O–H groups in total. The van der Waals surface area contributed by atoms with Crippen LogP contribution in [0, 0.1) is 12.8 Å². The number of hydrogen-bond acceptors (Lipinski definition) is 7. The molecule has 0 unspecified atom stereocenters. The maximum Gasteiger partial charge on any atom is 0.310 e. The fourth-order valence-corrected chi connectivity index (χ4v) is 2.75. The third-order valence-corrected chi connectivity index (χ3v) is 3.89. The minimum Gasteiger partial charge on any atom is -0.466 e. The van der Waals surface area contributed by atoms with E-state index in [1.165, 1.54) is 0 Å². The molecule has 0 bridgehead atoms. The van der Waals surface area contributed by atoms with Crippen molar-refractivity contribution in [2.45, 2.75) is 26.7 Å². The van der Waals surface area contributed by atoms with Crippen molar-refractivity contribution < 1.29 is 14.1 Å². The zero-order valence-corrected chi connectivity index (χ0v) is 13.4. The molecule has 2 aromatic heterocycles. The Bertz CT molecular complexity index is 668. The van der Waals surface area contributed by atoms with Crippen molar-refractivity contribution in [2.24, 2.45) is 5.92 Å². The van der Waals surface area contributed by atoms with Crippen LogP contribution in [0.25, 0.3) is 11.5 Å². The van der Waals surface area contributed by atoms with Crippen LogP contribution in [0.1, 0.15) is 25.6 Å². The third-order valence-electron chi connectivity index (χ3n) is 3.89. The summed E-state index contributed by atoms with van der Waals surface area (Å²) < 4.78 is 10.3. The van der Waals surface area contributed by atoms with Gasteiger partial charge in [0.05, 0.1) is 18.1 Å². The molecule has 1 fully saturated rings. The Morgan fingerprint density at radius 2 is 2.35 bits per heavy atom. The minimum atomic E-state index is -0.116. The second-order valence-electron chi connectivity index (χ2n) is 5.59. The molecule has 23 heavy (non-hydrogen) atoms. The average molecular weight is 316 g/mol. The number of piperidine rings is 1. The van der Waals surface area contributed by atoms with Gasteiger partial charge >= 0.3 is 5.97 Å². The first kappa shape index (κ1) is 15.5. The van der Waals surface area contributed by atoms with Crippen LogP contribution in [0.2, 0.25) is 0 Å². The Kier molecular flexibility index (Phi) is 4.55. The second-order valence-corrected chi connectivity index (χ2v) is 5.59. The first-order valence-electron chi connectivity index (χ1n) is 7.85. The van der Waals surface area contributed by atoms with Crippen molar-refractivity contribution in [3.63, 3.8) is 0 Å². The minimum absolute atomic E-state index is 0.0798. The van der Waals surface area contributed by atoms with E-state index in [2.05, 4.69) is 20.0 Å². The molecule has 1 atom stereocenters. The number of esters is 1. The molecule has 122 valence electrons. The quantitative estimate of drug-likeness (QED) is 0.800. The van der Waals surface area contributed by atoms with E-state index < -0.39 is 0 Å². The van der Waals surface area contributed by atoms with Gasteiger partial charge in [-0.2, -0.15) is 4.98 Å². The fraction of sp³-hybridized carbons (Fsp3) is 0.500. The summed E-state index contributed by atoms with van der Waals surface area (Å²) in [5.74, 6) is 1.71. The van der Waals surface area contributed by atoms with Crippen molar-refractivity contribution >= 4 is 11.8 Å². The van der Waals surface area contributed by atoms with Crippen molar-refractivity contribution in [1.29, 1.82) is 0 Å². The van der Waals surface area contributed by atoms with E-state index in [-0.39, 0.29) is 11.9 Å². The van der Waals surface area contributed by atoms with Crippen molar-refractivity contribution in [3.8, 4) is 11.5 Å². The number of rotatable bonds is 4. The number of aromatic nitrogens is 3. The van der Waals surface area contributed by atoms with Gasteiger partial charge < -0.3 is 14.2 Å². The predicted octanol–water partition coefficient (Wildman–Crippen LogP) is 2.22.